The van der Waals surface area contributed by atoms with E-state index in [9.17, 15) is 29.1 Å². The number of hydrogen-bond donors (Lipinski definition) is 6. The van der Waals surface area contributed by atoms with Crippen molar-refractivity contribution in [2.45, 2.75) is 50.7 Å². The SMILES string of the molecule is CCOC(=O)CCSCC(NC(=O)CCC(N)C(=O)O)C(=O)NC(Cc1cc2ccccc2[nH]1)C(=O)O. The van der Waals surface area contributed by atoms with Gasteiger partial charge >= 0.3 is 17.9 Å². The minimum absolute atomic E-state index is 0.0140. The number of para-hydroxylation sites is 1. The molecule has 0 radical (unpaired) electrons. The molecule has 0 aliphatic carbocycles. The number of aromatic amines is 1. The molecule has 1 heterocycles. The monoisotopic (exact) mass is 536 g/mol. The van der Waals surface area contributed by atoms with Crippen LogP contribution in [-0.4, -0.2) is 81.2 Å². The lowest BCUT2D eigenvalue weighted by Gasteiger charge is -2.21. The van der Waals surface area contributed by atoms with Gasteiger partial charge in [-0.2, -0.15) is 11.8 Å². The van der Waals surface area contributed by atoms with Gasteiger partial charge in [-0.05, 0) is 30.9 Å². The van der Waals surface area contributed by atoms with Crippen LogP contribution in [0.15, 0.2) is 30.3 Å². The molecule has 0 saturated heterocycles. The molecule has 202 valence electrons. The van der Waals surface area contributed by atoms with Crippen LogP contribution in [0.25, 0.3) is 10.9 Å². The van der Waals surface area contributed by atoms with E-state index < -0.39 is 47.8 Å². The summed E-state index contributed by atoms with van der Waals surface area (Å²) in [6.07, 6.45) is -0.280. The van der Waals surface area contributed by atoms with E-state index in [2.05, 4.69) is 15.6 Å². The molecule has 1 aromatic heterocycles. The number of rotatable bonds is 16. The molecule has 0 aliphatic rings. The van der Waals surface area contributed by atoms with Gasteiger partial charge in [0.05, 0.1) is 13.0 Å². The predicted octanol–water partition coefficient (Wildman–Crippen LogP) is 0.643. The molecule has 1 aromatic carbocycles. The number of esters is 1. The summed E-state index contributed by atoms with van der Waals surface area (Å²) < 4.78 is 4.86. The van der Waals surface area contributed by atoms with Gasteiger partial charge in [0, 0.05) is 35.6 Å². The maximum atomic E-state index is 13.0. The van der Waals surface area contributed by atoms with Crippen molar-refractivity contribution in [3.63, 3.8) is 0 Å². The minimum atomic E-state index is -1.27. The number of thioether (sulfide) groups is 1. The second kappa shape index (κ2) is 14.9. The quantitative estimate of drug-likeness (QED) is 0.131. The molecule has 0 spiro atoms. The summed E-state index contributed by atoms with van der Waals surface area (Å²) >= 11 is 1.21. The van der Waals surface area contributed by atoms with Crippen LogP contribution in [-0.2, 0) is 35.1 Å². The van der Waals surface area contributed by atoms with E-state index in [0.717, 1.165) is 10.9 Å². The third kappa shape index (κ3) is 10.1. The lowest BCUT2D eigenvalue weighted by molar-refractivity contribution is -0.143. The van der Waals surface area contributed by atoms with Gasteiger partial charge in [0.15, 0.2) is 0 Å². The van der Waals surface area contributed by atoms with Crippen LogP contribution in [0.5, 0.6) is 0 Å². The molecule has 2 amide bonds. The highest BCUT2D eigenvalue weighted by atomic mass is 32.2. The highest BCUT2D eigenvalue weighted by Crippen LogP contribution is 2.16. The number of aliphatic carboxylic acids is 2. The van der Waals surface area contributed by atoms with E-state index in [1.54, 1.807) is 13.0 Å². The van der Waals surface area contributed by atoms with E-state index in [1.165, 1.54) is 11.8 Å². The fourth-order valence-electron chi connectivity index (χ4n) is 3.39. The average Bonchev–Trinajstić information content (AvgIpc) is 3.26. The molecule has 3 atom stereocenters. The Bertz CT molecular complexity index is 1070. The first-order valence-corrected chi connectivity index (χ1v) is 12.9. The Morgan fingerprint density at radius 3 is 2.43 bits per heavy atom. The molecule has 37 heavy (non-hydrogen) atoms. The fourth-order valence-corrected chi connectivity index (χ4v) is 4.33. The van der Waals surface area contributed by atoms with Gasteiger partial charge in [-0.1, -0.05) is 18.2 Å². The Morgan fingerprint density at radius 1 is 1.05 bits per heavy atom. The van der Waals surface area contributed by atoms with Crippen LogP contribution in [0.4, 0.5) is 0 Å². The molecule has 12 nitrogen and oxygen atoms in total. The lowest BCUT2D eigenvalue weighted by atomic mass is 10.1. The number of carbonyl (C=O) groups is 5. The molecular weight excluding hydrogens is 504 g/mol. The Hall–Kier alpha value is -3.58. The molecule has 0 fully saturated rings. The number of hydrogen-bond acceptors (Lipinski definition) is 8. The molecule has 0 saturated carbocycles. The second-order valence-electron chi connectivity index (χ2n) is 8.22. The molecule has 13 heteroatoms. The molecule has 2 aromatic rings. The fraction of sp³-hybridized carbons (Fsp3) is 0.458. The highest BCUT2D eigenvalue weighted by molar-refractivity contribution is 7.99. The van der Waals surface area contributed by atoms with Crippen molar-refractivity contribution in [3.05, 3.63) is 36.0 Å². The number of aromatic nitrogens is 1. The molecule has 2 rings (SSSR count). The number of fused-ring (bicyclic) bond motifs is 1. The van der Waals surface area contributed by atoms with Crippen molar-refractivity contribution < 1.29 is 38.9 Å². The van der Waals surface area contributed by atoms with E-state index in [0.29, 0.717) is 11.4 Å². The van der Waals surface area contributed by atoms with E-state index in [-0.39, 0.29) is 38.0 Å². The zero-order valence-corrected chi connectivity index (χ0v) is 21.2. The van der Waals surface area contributed by atoms with E-state index >= 15 is 0 Å². The Labute approximate surface area is 217 Å². The minimum Gasteiger partial charge on any atom is -0.480 e. The molecular formula is C24H32N4O8S. The maximum absolute atomic E-state index is 13.0. The third-order valence-corrected chi connectivity index (χ3v) is 6.38. The molecule has 0 aliphatic heterocycles. The Morgan fingerprint density at radius 2 is 1.78 bits per heavy atom. The van der Waals surface area contributed by atoms with Gasteiger partial charge in [-0.25, -0.2) is 4.79 Å². The number of H-pyrrole nitrogens is 1. The van der Waals surface area contributed by atoms with Gasteiger partial charge < -0.3 is 36.3 Å². The van der Waals surface area contributed by atoms with Gasteiger partial charge in [-0.15, -0.1) is 0 Å². The summed E-state index contributed by atoms with van der Waals surface area (Å²) in [5, 5.41) is 24.5. The number of nitrogens with two attached hydrogens (primary N) is 1. The molecule has 7 N–H and O–H groups in total. The number of nitrogens with one attached hydrogen (secondary N) is 3. The number of carbonyl (C=O) groups excluding carboxylic acids is 3. The van der Waals surface area contributed by atoms with Gasteiger partial charge in [0.25, 0.3) is 0 Å². The number of carboxylic acid groups (broad SMARTS) is 2. The van der Waals surface area contributed by atoms with Gasteiger partial charge in [0.1, 0.15) is 18.1 Å². The van der Waals surface area contributed by atoms with E-state index in [4.69, 9.17) is 15.6 Å². The summed E-state index contributed by atoms with van der Waals surface area (Å²) in [7, 11) is 0. The van der Waals surface area contributed by atoms with Crippen LogP contribution in [0.1, 0.15) is 31.9 Å². The number of ether oxygens (including phenoxy) is 1. The summed E-state index contributed by atoms with van der Waals surface area (Å²) in [6, 6.07) is 5.59. The smallest absolute Gasteiger partial charge is 0.326 e. The second-order valence-corrected chi connectivity index (χ2v) is 9.37. The lowest BCUT2D eigenvalue weighted by Crippen LogP contribution is -2.53. The number of benzene rings is 1. The normalized spacial score (nSPS) is 13.4. The van der Waals surface area contributed by atoms with Crippen molar-refractivity contribution in [2.75, 3.05) is 18.1 Å². The van der Waals surface area contributed by atoms with E-state index in [1.807, 2.05) is 24.3 Å². The van der Waals surface area contributed by atoms with Crippen molar-refractivity contribution in [1.82, 2.24) is 15.6 Å². The topological polar surface area (TPSA) is 201 Å². The van der Waals surface area contributed by atoms with Crippen molar-refractivity contribution >= 4 is 52.4 Å². The first-order chi connectivity index (χ1) is 17.6. The zero-order chi connectivity index (χ0) is 27.4. The first-order valence-electron chi connectivity index (χ1n) is 11.7. The third-order valence-electron chi connectivity index (χ3n) is 5.32. The summed E-state index contributed by atoms with van der Waals surface area (Å²) in [5.74, 6) is -3.85. The van der Waals surface area contributed by atoms with Crippen LogP contribution < -0.4 is 16.4 Å². The standard InChI is InChI=1S/C24H32N4O8S/c1-2-36-21(30)9-10-37-13-19(27-20(29)8-7-16(25)23(32)33)22(31)28-18(24(34)35)12-15-11-14-5-3-4-6-17(14)26-15/h3-6,11,16,18-19,26H,2,7-10,12-13,25H2,1H3,(H,27,29)(H,28,31)(H,32,33)(H,34,35). The Kier molecular flexibility index (Phi) is 11.9. The highest BCUT2D eigenvalue weighted by Gasteiger charge is 2.27. The Balaban J connectivity index is 2.04. The average molecular weight is 537 g/mol. The first kappa shape index (κ1) is 29.6. The number of amides is 2. The molecule has 3 unspecified atom stereocenters. The van der Waals surface area contributed by atoms with Crippen molar-refractivity contribution in [3.8, 4) is 0 Å². The molecule has 0 bridgehead atoms. The van der Waals surface area contributed by atoms with Crippen LogP contribution in [0.2, 0.25) is 0 Å². The largest absolute Gasteiger partial charge is 0.480 e. The summed E-state index contributed by atoms with van der Waals surface area (Å²) in [6.45, 7) is 1.93. The summed E-state index contributed by atoms with van der Waals surface area (Å²) in [4.78, 5) is 62.8. The van der Waals surface area contributed by atoms with Crippen LogP contribution >= 0.6 is 11.8 Å². The van der Waals surface area contributed by atoms with Gasteiger partial charge in [0.2, 0.25) is 11.8 Å². The number of carboxylic acids is 2. The van der Waals surface area contributed by atoms with Crippen LogP contribution in [0, 0.1) is 0 Å². The van der Waals surface area contributed by atoms with Crippen molar-refractivity contribution in [2.24, 2.45) is 5.73 Å². The summed E-state index contributed by atoms with van der Waals surface area (Å²) in [5.41, 5.74) is 6.87. The zero-order valence-electron chi connectivity index (χ0n) is 20.4. The maximum Gasteiger partial charge on any atom is 0.326 e. The van der Waals surface area contributed by atoms with Crippen LogP contribution in [0.3, 0.4) is 0 Å². The van der Waals surface area contributed by atoms with Crippen molar-refractivity contribution in [1.29, 1.82) is 0 Å². The van der Waals surface area contributed by atoms with Gasteiger partial charge in [-0.3, -0.25) is 19.2 Å². The predicted molar refractivity (Wildman–Crippen MR) is 137 cm³/mol.